The molecule has 0 unspecified atom stereocenters. The Morgan fingerprint density at radius 1 is 1.12 bits per heavy atom. The summed E-state index contributed by atoms with van der Waals surface area (Å²) in [4.78, 5) is 27.8. The van der Waals surface area contributed by atoms with Crippen molar-refractivity contribution in [1.82, 2.24) is 14.9 Å². The zero-order valence-corrected chi connectivity index (χ0v) is 19.1. The predicted octanol–water partition coefficient (Wildman–Crippen LogP) is 2.81. The number of furan rings is 1. The van der Waals surface area contributed by atoms with Crippen LogP contribution in [0.4, 0.5) is 0 Å². The van der Waals surface area contributed by atoms with Crippen LogP contribution in [0.15, 0.2) is 58.0 Å². The third-order valence-electron chi connectivity index (χ3n) is 5.64. The van der Waals surface area contributed by atoms with Gasteiger partial charge in [0.25, 0.3) is 0 Å². The normalized spacial score (nSPS) is 15.4. The van der Waals surface area contributed by atoms with Crippen LogP contribution >= 0.6 is 0 Å². The SMILES string of the molecule is CCC[C@H](C(=O)NC1CCCC1)N(Cc1ccco1)C(=O)CNS(=O)(=O)c1ccccc1. The lowest BCUT2D eigenvalue weighted by Crippen LogP contribution is -2.53. The maximum absolute atomic E-state index is 13.2. The second kappa shape index (κ2) is 11.3. The van der Waals surface area contributed by atoms with Gasteiger partial charge in [0.1, 0.15) is 11.8 Å². The molecule has 174 valence electrons. The maximum Gasteiger partial charge on any atom is 0.243 e. The van der Waals surface area contributed by atoms with E-state index >= 15 is 0 Å². The first-order valence-electron chi connectivity index (χ1n) is 11.1. The van der Waals surface area contributed by atoms with Gasteiger partial charge in [0, 0.05) is 6.04 Å². The fourth-order valence-corrected chi connectivity index (χ4v) is 4.95. The molecule has 1 saturated carbocycles. The Morgan fingerprint density at radius 2 is 1.84 bits per heavy atom. The van der Waals surface area contributed by atoms with Gasteiger partial charge >= 0.3 is 0 Å². The molecule has 0 radical (unpaired) electrons. The summed E-state index contributed by atoms with van der Waals surface area (Å²) in [6, 6.07) is 10.7. The van der Waals surface area contributed by atoms with Crippen molar-refractivity contribution in [2.24, 2.45) is 0 Å². The van der Waals surface area contributed by atoms with Crippen molar-refractivity contribution < 1.29 is 22.4 Å². The second-order valence-electron chi connectivity index (χ2n) is 8.03. The number of nitrogens with one attached hydrogen (secondary N) is 2. The van der Waals surface area contributed by atoms with Crippen LogP contribution in [0.5, 0.6) is 0 Å². The van der Waals surface area contributed by atoms with Gasteiger partial charge < -0.3 is 14.6 Å². The number of benzene rings is 1. The number of sulfonamides is 1. The lowest BCUT2D eigenvalue weighted by Gasteiger charge is -2.31. The summed E-state index contributed by atoms with van der Waals surface area (Å²) in [7, 11) is -3.85. The first-order chi connectivity index (χ1) is 15.4. The summed E-state index contributed by atoms with van der Waals surface area (Å²) in [5.74, 6) is -0.162. The maximum atomic E-state index is 13.2. The van der Waals surface area contributed by atoms with Gasteiger partial charge in [-0.3, -0.25) is 9.59 Å². The highest BCUT2D eigenvalue weighted by molar-refractivity contribution is 7.89. The summed E-state index contributed by atoms with van der Waals surface area (Å²) < 4.78 is 32.9. The lowest BCUT2D eigenvalue weighted by atomic mass is 10.1. The predicted molar refractivity (Wildman–Crippen MR) is 120 cm³/mol. The molecule has 0 aliphatic heterocycles. The molecule has 1 aliphatic rings. The number of hydrogen-bond donors (Lipinski definition) is 2. The molecule has 0 bridgehead atoms. The van der Waals surface area contributed by atoms with E-state index in [9.17, 15) is 18.0 Å². The zero-order valence-electron chi connectivity index (χ0n) is 18.3. The number of amides is 2. The number of nitrogens with zero attached hydrogens (tertiary/aromatic N) is 1. The van der Waals surface area contributed by atoms with Crippen LogP contribution in [0.1, 0.15) is 51.2 Å². The molecule has 2 aromatic rings. The quantitative estimate of drug-likeness (QED) is 0.535. The van der Waals surface area contributed by atoms with Gasteiger partial charge in [-0.2, -0.15) is 0 Å². The van der Waals surface area contributed by atoms with E-state index in [1.165, 1.54) is 23.3 Å². The summed E-state index contributed by atoms with van der Waals surface area (Å²) in [6.07, 6.45) is 6.71. The molecule has 1 heterocycles. The van der Waals surface area contributed by atoms with Gasteiger partial charge in [-0.15, -0.1) is 0 Å². The molecule has 1 atom stereocenters. The van der Waals surface area contributed by atoms with E-state index < -0.39 is 28.5 Å². The minimum Gasteiger partial charge on any atom is -0.467 e. The average molecular weight is 462 g/mol. The highest BCUT2D eigenvalue weighted by Gasteiger charge is 2.32. The van der Waals surface area contributed by atoms with E-state index in [0.29, 0.717) is 18.6 Å². The number of carbonyl (C=O) groups excluding carboxylic acids is 2. The van der Waals surface area contributed by atoms with Crippen LogP contribution < -0.4 is 10.0 Å². The van der Waals surface area contributed by atoms with Crippen molar-refractivity contribution in [2.45, 2.75) is 69.0 Å². The first-order valence-corrected chi connectivity index (χ1v) is 12.6. The van der Waals surface area contributed by atoms with Crippen LogP contribution in [0.25, 0.3) is 0 Å². The molecule has 1 fully saturated rings. The summed E-state index contributed by atoms with van der Waals surface area (Å²) in [5, 5.41) is 3.07. The van der Waals surface area contributed by atoms with Crippen molar-refractivity contribution >= 4 is 21.8 Å². The van der Waals surface area contributed by atoms with Gasteiger partial charge in [-0.05, 0) is 43.5 Å². The topological polar surface area (TPSA) is 109 Å². The molecule has 8 nitrogen and oxygen atoms in total. The third-order valence-corrected chi connectivity index (χ3v) is 7.05. The average Bonchev–Trinajstić information content (AvgIpc) is 3.49. The van der Waals surface area contributed by atoms with Crippen LogP contribution in [-0.2, 0) is 26.2 Å². The fourth-order valence-electron chi connectivity index (χ4n) is 3.95. The Hall–Kier alpha value is -2.65. The molecular weight excluding hydrogens is 430 g/mol. The third kappa shape index (κ3) is 6.43. The van der Waals surface area contributed by atoms with Gasteiger partial charge in [0.05, 0.1) is 24.2 Å². The monoisotopic (exact) mass is 461 g/mol. The number of rotatable bonds is 11. The van der Waals surface area contributed by atoms with Crippen LogP contribution in [0.3, 0.4) is 0 Å². The molecule has 0 saturated heterocycles. The minimum absolute atomic E-state index is 0.0782. The minimum atomic E-state index is -3.85. The van der Waals surface area contributed by atoms with Crippen molar-refractivity contribution in [2.75, 3.05) is 6.54 Å². The molecule has 2 N–H and O–H groups in total. The molecule has 32 heavy (non-hydrogen) atoms. The second-order valence-corrected chi connectivity index (χ2v) is 9.80. The molecule has 9 heteroatoms. The summed E-state index contributed by atoms with van der Waals surface area (Å²) in [5.41, 5.74) is 0. The largest absolute Gasteiger partial charge is 0.467 e. The van der Waals surface area contributed by atoms with Gasteiger partial charge in [0.15, 0.2) is 0 Å². The Labute approximate surface area is 189 Å². The number of hydrogen-bond acceptors (Lipinski definition) is 5. The molecule has 1 aliphatic carbocycles. The Bertz CT molecular complexity index is 970. The van der Waals surface area contributed by atoms with Crippen LogP contribution in [-0.4, -0.2) is 43.8 Å². The smallest absolute Gasteiger partial charge is 0.243 e. The Balaban J connectivity index is 1.76. The lowest BCUT2D eigenvalue weighted by molar-refractivity contribution is -0.141. The van der Waals surface area contributed by atoms with E-state index in [1.54, 1.807) is 30.3 Å². The van der Waals surface area contributed by atoms with E-state index in [1.807, 2.05) is 6.92 Å². The molecule has 3 rings (SSSR count). The summed E-state index contributed by atoms with van der Waals surface area (Å²) in [6.45, 7) is 1.58. The highest BCUT2D eigenvalue weighted by Crippen LogP contribution is 2.20. The zero-order chi connectivity index (χ0) is 23.0. The van der Waals surface area contributed by atoms with E-state index in [0.717, 1.165) is 25.7 Å². The Kier molecular flexibility index (Phi) is 8.46. The standard InChI is InChI=1S/C23H31N3O5S/c1-2-9-21(23(28)25-18-10-6-7-11-18)26(17-19-12-8-15-31-19)22(27)16-24-32(29,30)20-13-4-3-5-14-20/h3-5,8,12-15,18,21,24H,2,6-7,9-11,16-17H2,1H3,(H,25,28)/t21-/m1/s1. The van der Waals surface area contributed by atoms with E-state index in [2.05, 4.69) is 10.0 Å². The molecule has 1 aromatic heterocycles. The molecule has 2 amide bonds. The Morgan fingerprint density at radius 3 is 2.47 bits per heavy atom. The van der Waals surface area contributed by atoms with Gasteiger partial charge in [-0.25, -0.2) is 13.1 Å². The van der Waals surface area contributed by atoms with Crippen molar-refractivity contribution in [3.8, 4) is 0 Å². The van der Waals surface area contributed by atoms with Crippen LogP contribution in [0, 0.1) is 0 Å². The van der Waals surface area contributed by atoms with Crippen molar-refractivity contribution in [3.05, 3.63) is 54.5 Å². The van der Waals surface area contributed by atoms with Crippen molar-refractivity contribution in [3.63, 3.8) is 0 Å². The fraction of sp³-hybridized carbons (Fsp3) is 0.478. The van der Waals surface area contributed by atoms with Crippen molar-refractivity contribution in [1.29, 1.82) is 0 Å². The van der Waals surface area contributed by atoms with E-state index in [4.69, 9.17) is 4.42 Å². The molecule has 0 spiro atoms. The molecular formula is C23H31N3O5S. The van der Waals surface area contributed by atoms with Crippen LogP contribution in [0.2, 0.25) is 0 Å². The van der Waals surface area contributed by atoms with E-state index in [-0.39, 0.29) is 23.4 Å². The first kappa shape index (κ1) is 24.0. The highest BCUT2D eigenvalue weighted by atomic mass is 32.2. The van der Waals surface area contributed by atoms with Gasteiger partial charge in [-0.1, -0.05) is 44.4 Å². The van der Waals surface area contributed by atoms with Gasteiger partial charge in [0.2, 0.25) is 21.8 Å². The number of carbonyl (C=O) groups is 2. The summed E-state index contributed by atoms with van der Waals surface area (Å²) >= 11 is 0. The molecule has 1 aromatic carbocycles.